The van der Waals surface area contributed by atoms with E-state index >= 15 is 0 Å². The van der Waals surface area contributed by atoms with Crippen LogP contribution in [0.5, 0.6) is 0 Å². The zero-order valence-corrected chi connectivity index (χ0v) is 13.8. The van der Waals surface area contributed by atoms with Crippen molar-refractivity contribution in [2.45, 2.75) is 10.1 Å². The van der Waals surface area contributed by atoms with Crippen molar-refractivity contribution in [2.75, 3.05) is 26.2 Å². The fourth-order valence-corrected chi connectivity index (χ4v) is 3.24. The zero-order chi connectivity index (χ0) is 17.1. The molecular formula is C14H16N6O3S. The summed E-state index contributed by atoms with van der Waals surface area (Å²) in [6, 6.07) is 4.55. The maximum atomic E-state index is 12.5. The number of nitrogens with zero attached hydrogens (tertiary/aromatic N) is 5. The number of nitro groups is 1. The van der Waals surface area contributed by atoms with E-state index in [1.54, 1.807) is 28.6 Å². The Balaban J connectivity index is 1.88. The number of nitro benzene ring substituents is 1. The van der Waals surface area contributed by atoms with Crippen molar-refractivity contribution in [3.63, 3.8) is 0 Å². The van der Waals surface area contributed by atoms with Crippen LogP contribution in [0, 0.1) is 10.1 Å². The molecule has 1 aliphatic rings. The fourth-order valence-electron chi connectivity index (χ4n) is 2.39. The minimum Gasteiger partial charge on any atom is -0.336 e. The van der Waals surface area contributed by atoms with Crippen molar-refractivity contribution in [3.05, 3.63) is 40.2 Å². The summed E-state index contributed by atoms with van der Waals surface area (Å²) in [5, 5.41) is 22.8. The van der Waals surface area contributed by atoms with Gasteiger partial charge in [0.15, 0.2) is 5.16 Å². The van der Waals surface area contributed by atoms with Crippen LogP contribution < -0.4 is 5.32 Å². The van der Waals surface area contributed by atoms with Crippen LogP contribution in [0.25, 0.3) is 0 Å². The SMILES string of the molecule is Cn1cnnc1Sc1ccc(C(=O)N2CCNCC2)cc1[N+](=O)[O-]. The molecule has 1 aromatic heterocycles. The first kappa shape index (κ1) is 16.4. The minimum atomic E-state index is -0.479. The Kier molecular flexibility index (Phi) is 4.76. The fraction of sp³-hybridized carbons (Fsp3) is 0.357. The van der Waals surface area contributed by atoms with Gasteiger partial charge in [-0.05, 0) is 23.9 Å². The highest BCUT2D eigenvalue weighted by molar-refractivity contribution is 7.99. The van der Waals surface area contributed by atoms with E-state index in [-0.39, 0.29) is 11.6 Å². The normalized spacial score (nSPS) is 14.6. The number of aromatic nitrogens is 3. The lowest BCUT2D eigenvalue weighted by Crippen LogP contribution is -2.46. The van der Waals surface area contributed by atoms with Gasteiger partial charge in [0, 0.05) is 44.9 Å². The molecule has 1 aromatic carbocycles. The largest absolute Gasteiger partial charge is 0.336 e. The Bertz CT molecular complexity index is 772. The predicted molar refractivity (Wildman–Crippen MR) is 87.0 cm³/mol. The minimum absolute atomic E-state index is 0.107. The third kappa shape index (κ3) is 3.39. The lowest BCUT2D eigenvalue weighted by molar-refractivity contribution is -0.387. The number of carbonyl (C=O) groups is 1. The van der Waals surface area contributed by atoms with E-state index in [9.17, 15) is 14.9 Å². The Labute approximate surface area is 142 Å². The van der Waals surface area contributed by atoms with E-state index in [4.69, 9.17) is 0 Å². The van der Waals surface area contributed by atoms with Crippen molar-refractivity contribution in [3.8, 4) is 0 Å². The summed E-state index contributed by atoms with van der Waals surface area (Å²) in [5.74, 6) is -0.185. The van der Waals surface area contributed by atoms with Gasteiger partial charge in [-0.25, -0.2) is 0 Å². The molecule has 0 spiro atoms. The number of hydrogen-bond donors (Lipinski definition) is 1. The second-order valence-electron chi connectivity index (χ2n) is 5.31. The highest BCUT2D eigenvalue weighted by Crippen LogP contribution is 2.34. The first-order valence-corrected chi connectivity index (χ1v) is 8.18. The van der Waals surface area contributed by atoms with Crippen LogP contribution in [-0.4, -0.2) is 56.7 Å². The lowest BCUT2D eigenvalue weighted by atomic mass is 10.1. The van der Waals surface area contributed by atoms with Gasteiger partial charge >= 0.3 is 0 Å². The third-order valence-electron chi connectivity index (χ3n) is 3.68. The molecule has 0 radical (unpaired) electrons. The Hall–Kier alpha value is -2.46. The average Bonchev–Trinajstić information content (AvgIpc) is 3.00. The summed E-state index contributed by atoms with van der Waals surface area (Å²) in [7, 11) is 1.76. The lowest BCUT2D eigenvalue weighted by Gasteiger charge is -2.27. The second-order valence-corrected chi connectivity index (χ2v) is 6.32. The van der Waals surface area contributed by atoms with Crippen LogP contribution >= 0.6 is 11.8 Å². The maximum Gasteiger partial charge on any atom is 0.284 e. The number of carbonyl (C=O) groups excluding carboxylic acids is 1. The summed E-state index contributed by atoms with van der Waals surface area (Å²) >= 11 is 1.14. The van der Waals surface area contributed by atoms with Gasteiger partial charge in [-0.2, -0.15) is 0 Å². The van der Waals surface area contributed by atoms with Gasteiger partial charge in [-0.3, -0.25) is 14.9 Å². The van der Waals surface area contributed by atoms with E-state index in [1.165, 1.54) is 12.4 Å². The maximum absolute atomic E-state index is 12.5. The van der Waals surface area contributed by atoms with Gasteiger partial charge in [-0.15, -0.1) is 10.2 Å². The number of nitrogens with one attached hydrogen (secondary N) is 1. The van der Waals surface area contributed by atoms with Crippen LogP contribution in [0.15, 0.2) is 34.6 Å². The molecule has 2 heterocycles. The molecule has 10 heteroatoms. The molecule has 1 fully saturated rings. The number of rotatable bonds is 4. The van der Waals surface area contributed by atoms with Crippen molar-refractivity contribution < 1.29 is 9.72 Å². The Morgan fingerprint density at radius 1 is 1.38 bits per heavy atom. The molecule has 126 valence electrons. The summed E-state index contributed by atoms with van der Waals surface area (Å²) in [4.78, 5) is 25.5. The van der Waals surface area contributed by atoms with Crippen molar-refractivity contribution in [1.82, 2.24) is 25.0 Å². The van der Waals surface area contributed by atoms with Crippen LogP contribution in [0.3, 0.4) is 0 Å². The molecule has 1 saturated heterocycles. The molecule has 3 rings (SSSR count). The molecule has 2 aromatic rings. The average molecular weight is 348 g/mol. The predicted octanol–water partition coefficient (Wildman–Crippen LogP) is 0.920. The molecule has 0 aliphatic carbocycles. The number of hydrogen-bond acceptors (Lipinski definition) is 7. The number of piperazine rings is 1. The quantitative estimate of drug-likeness (QED) is 0.647. The molecule has 0 atom stereocenters. The molecule has 0 bridgehead atoms. The van der Waals surface area contributed by atoms with Crippen LogP contribution in [0.4, 0.5) is 5.69 Å². The van der Waals surface area contributed by atoms with Gasteiger partial charge in [-0.1, -0.05) is 0 Å². The summed E-state index contributed by atoms with van der Waals surface area (Å²) in [6.07, 6.45) is 1.52. The number of benzene rings is 1. The van der Waals surface area contributed by atoms with Crippen LogP contribution in [0.2, 0.25) is 0 Å². The monoisotopic (exact) mass is 348 g/mol. The molecule has 1 N–H and O–H groups in total. The molecule has 1 aliphatic heterocycles. The van der Waals surface area contributed by atoms with Crippen molar-refractivity contribution >= 4 is 23.4 Å². The molecular weight excluding hydrogens is 332 g/mol. The number of amides is 1. The summed E-state index contributed by atoms with van der Waals surface area (Å²) in [6.45, 7) is 2.66. The zero-order valence-electron chi connectivity index (χ0n) is 13.0. The van der Waals surface area contributed by atoms with Gasteiger partial charge in [0.25, 0.3) is 11.6 Å². The van der Waals surface area contributed by atoms with E-state index in [0.29, 0.717) is 28.7 Å². The van der Waals surface area contributed by atoms with Crippen molar-refractivity contribution in [1.29, 1.82) is 0 Å². The molecule has 1 amide bonds. The highest BCUT2D eigenvalue weighted by atomic mass is 32.2. The number of aryl methyl sites for hydroxylation is 1. The summed E-state index contributed by atoms with van der Waals surface area (Å²) in [5.41, 5.74) is 0.217. The first-order valence-electron chi connectivity index (χ1n) is 7.36. The Morgan fingerprint density at radius 3 is 2.75 bits per heavy atom. The molecule has 0 saturated carbocycles. The van der Waals surface area contributed by atoms with Gasteiger partial charge in [0.2, 0.25) is 0 Å². The second kappa shape index (κ2) is 6.97. The first-order chi connectivity index (χ1) is 11.6. The molecule has 9 nitrogen and oxygen atoms in total. The van der Waals surface area contributed by atoms with Crippen LogP contribution in [0.1, 0.15) is 10.4 Å². The van der Waals surface area contributed by atoms with Gasteiger partial charge in [0.1, 0.15) is 6.33 Å². The van der Waals surface area contributed by atoms with Gasteiger partial charge < -0.3 is 14.8 Å². The summed E-state index contributed by atoms with van der Waals surface area (Å²) < 4.78 is 1.67. The van der Waals surface area contributed by atoms with E-state index < -0.39 is 4.92 Å². The van der Waals surface area contributed by atoms with E-state index in [2.05, 4.69) is 15.5 Å². The topological polar surface area (TPSA) is 106 Å². The third-order valence-corrected chi connectivity index (χ3v) is 4.80. The molecule has 24 heavy (non-hydrogen) atoms. The Morgan fingerprint density at radius 2 is 2.12 bits per heavy atom. The van der Waals surface area contributed by atoms with Crippen molar-refractivity contribution in [2.24, 2.45) is 7.05 Å². The standard InChI is InChI=1S/C14H16N6O3S/c1-18-9-16-17-14(18)24-12-3-2-10(8-11(12)20(22)23)13(21)19-6-4-15-5-7-19/h2-3,8-9,15H,4-7H2,1H3. The molecule has 0 unspecified atom stereocenters. The highest BCUT2D eigenvalue weighted by Gasteiger charge is 2.23. The van der Waals surface area contributed by atoms with Gasteiger partial charge in [0.05, 0.1) is 9.82 Å². The van der Waals surface area contributed by atoms with E-state index in [1.807, 2.05) is 0 Å². The smallest absolute Gasteiger partial charge is 0.284 e. The van der Waals surface area contributed by atoms with Crippen LogP contribution in [-0.2, 0) is 7.05 Å². The van der Waals surface area contributed by atoms with E-state index in [0.717, 1.165) is 24.9 Å².